The average molecular weight is 525 g/mol. The average Bonchev–Trinajstić information content (AvgIpc) is 2.91. The quantitative estimate of drug-likeness (QED) is 0.420. The molecule has 4 rings (SSSR count). The minimum absolute atomic E-state index is 0.147. The van der Waals surface area contributed by atoms with Gasteiger partial charge in [0.1, 0.15) is 6.61 Å². The van der Waals surface area contributed by atoms with E-state index in [4.69, 9.17) is 25.8 Å². The fraction of sp³-hybridized carbons (Fsp3) is 0.286. The highest BCUT2D eigenvalue weighted by Gasteiger charge is 2.22. The number of carboxylic acids is 1. The maximum absolute atomic E-state index is 12.6. The molecule has 8 nitrogen and oxygen atoms in total. The second kappa shape index (κ2) is 12.0. The molecule has 0 spiro atoms. The van der Waals surface area contributed by atoms with Crippen molar-refractivity contribution < 1.29 is 28.9 Å². The summed E-state index contributed by atoms with van der Waals surface area (Å²) in [4.78, 5) is 28.2. The molecular weight excluding hydrogens is 496 g/mol. The summed E-state index contributed by atoms with van der Waals surface area (Å²) in [5, 5.41) is 10.5. The molecule has 0 aromatic heterocycles. The smallest absolute Gasteiger partial charge is 0.337 e. The van der Waals surface area contributed by atoms with Gasteiger partial charge in [-0.15, -0.1) is 0 Å². The molecule has 0 saturated carbocycles. The second-order valence-corrected chi connectivity index (χ2v) is 9.05. The Labute approximate surface area is 220 Å². The second-order valence-electron chi connectivity index (χ2n) is 8.61. The number of amides is 1. The first-order valence-corrected chi connectivity index (χ1v) is 12.3. The van der Waals surface area contributed by atoms with Crippen molar-refractivity contribution in [1.29, 1.82) is 0 Å². The number of nitrogens with zero attached hydrogens (tertiary/aromatic N) is 2. The maximum Gasteiger partial charge on any atom is 0.337 e. The highest BCUT2D eigenvalue weighted by Crippen LogP contribution is 2.32. The summed E-state index contributed by atoms with van der Waals surface area (Å²) < 4.78 is 16.8. The Morgan fingerprint density at radius 1 is 1.00 bits per heavy atom. The normalized spacial score (nSPS) is 13.2. The van der Waals surface area contributed by atoms with Crippen LogP contribution in [0.4, 0.5) is 11.4 Å². The Hall–Kier alpha value is -3.75. The number of methoxy groups -OCH3 is 1. The van der Waals surface area contributed by atoms with Crippen molar-refractivity contribution in [1.82, 2.24) is 0 Å². The van der Waals surface area contributed by atoms with Crippen molar-refractivity contribution in [2.75, 3.05) is 43.2 Å². The summed E-state index contributed by atoms with van der Waals surface area (Å²) in [5.41, 5.74) is 3.04. The van der Waals surface area contributed by atoms with Crippen LogP contribution in [0.3, 0.4) is 0 Å². The van der Waals surface area contributed by atoms with Gasteiger partial charge in [0, 0.05) is 30.7 Å². The SMILES string of the molecule is COc1cc(CN(C(C)=O)c2ccc(N3CCOCC3)c(C(=O)O)c2)ccc1OCc1ccc(Cl)cc1. The van der Waals surface area contributed by atoms with Crippen LogP contribution < -0.4 is 19.3 Å². The summed E-state index contributed by atoms with van der Waals surface area (Å²) in [6.45, 7) is 4.35. The molecule has 0 atom stereocenters. The van der Waals surface area contributed by atoms with Crippen LogP contribution in [0.5, 0.6) is 11.5 Å². The van der Waals surface area contributed by atoms with E-state index < -0.39 is 5.97 Å². The zero-order valence-electron chi connectivity index (χ0n) is 20.8. The molecule has 1 saturated heterocycles. The summed E-state index contributed by atoms with van der Waals surface area (Å²) in [6.07, 6.45) is 0. The molecule has 1 fully saturated rings. The van der Waals surface area contributed by atoms with Crippen LogP contribution in [0.25, 0.3) is 0 Å². The Balaban J connectivity index is 1.54. The van der Waals surface area contributed by atoms with Crippen LogP contribution in [0.1, 0.15) is 28.4 Å². The van der Waals surface area contributed by atoms with Crippen molar-refractivity contribution in [3.05, 3.63) is 82.4 Å². The summed E-state index contributed by atoms with van der Waals surface area (Å²) in [7, 11) is 1.56. The van der Waals surface area contributed by atoms with Gasteiger partial charge < -0.3 is 29.1 Å². The highest BCUT2D eigenvalue weighted by atomic mass is 35.5. The van der Waals surface area contributed by atoms with Gasteiger partial charge in [0.15, 0.2) is 11.5 Å². The minimum Gasteiger partial charge on any atom is -0.493 e. The molecule has 1 N–H and O–H groups in total. The molecule has 0 radical (unpaired) electrons. The van der Waals surface area contributed by atoms with Crippen LogP contribution in [0, 0.1) is 0 Å². The number of hydrogen-bond acceptors (Lipinski definition) is 6. The molecule has 0 bridgehead atoms. The van der Waals surface area contributed by atoms with Gasteiger partial charge >= 0.3 is 5.97 Å². The summed E-state index contributed by atoms with van der Waals surface area (Å²) in [5.74, 6) is -0.157. The van der Waals surface area contributed by atoms with Gasteiger partial charge in [0.2, 0.25) is 5.91 Å². The van der Waals surface area contributed by atoms with Crippen LogP contribution >= 0.6 is 11.6 Å². The van der Waals surface area contributed by atoms with Gasteiger partial charge in [0.05, 0.1) is 38.1 Å². The van der Waals surface area contributed by atoms with Crippen molar-refractivity contribution in [2.45, 2.75) is 20.1 Å². The Morgan fingerprint density at radius 2 is 1.70 bits per heavy atom. The number of morpholine rings is 1. The van der Waals surface area contributed by atoms with Crippen LogP contribution in [0.15, 0.2) is 60.7 Å². The van der Waals surface area contributed by atoms with E-state index in [1.807, 2.05) is 29.2 Å². The molecule has 1 amide bonds. The number of ether oxygens (including phenoxy) is 3. The van der Waals surface area contributed by atoms with Gasteiger partial charge in [-0.25, -0.2) is 4.79 Å². The number of carbonyl (C=O) groups is 2. The van der Waals surface area contributed by atoms with Gasteiger partial charge in [0.25, 0.3) is 0 Å². The van der Waals surface area contributed by atoms with Gasteiger partial charge in [-0.3, -0.25) is 4.79 Å². The van der Waals surface area contributed by atoms with E-state index in [0.29, 0.717) is 60.8 Å². The molecule has 3 aromatic rings. The van der Waals surface area contributed by atoms with E-state index in [1.54, 1.807) is 48.4 Å². The van der Waals surface area contributed by atoms with Gasteiger partial charge in [-0.1, -0.05) is 29.8 Å². The van der Waals surface area contributed by atoms with Crippen LogP contribution in [0.2, 0.25) is 5.02 Å². The molecule has 3 aromatic carbocycles. The van der Waals surface area contributed by atoms with E-state index in [2.05, 4.69) is 0 Å². The first kappa shape index (κ1) is 26.3. The lowest BCUT2D eigenvalue weighted by molar-refractivity contribution is -0.116. The van der Waals surface area contributed by atoms with Crippen molar-refractivity contribution in [3.63, 3.8) is 0 Å². The Morgan fingerprint density at radius 3 is 2.35 bits per heavy atom. The number of carboxylic acid groups (broad SMARTS) is 1. The summed E-state index contributed by atoms with van der Waals surface area (Å²) in [6, 6.07) is 18.0. The summed E-state index contributed by atoms with van der Waals surface area (Å²) >= 11 is 5.94. The first-order valence-electron chi connectivity index (χ1n) is 11.9. The van der Waals surface area contributed by atoms with E-state index in [9.17, 15) is 14.7 Å². The first-order chi connectivity index (χ1) is 17.9. The minimum atomic E-state index is -1.05. The molecule has 1 aliphatic heterocycles. The maximum atomic E-state index is 12.6. The zero-order valence-corrected chi connectivity index (χ0v) is 21.5. The molecule has 0 unspecified atom stereocenters. The fourth-order valence-electron chi connectivity index (χ4n) is 4.18. The topological polar surface area (TPSA) is 88.5 Å². The molecule has 1 heterocycles. The van der Waals surface area contributed by atoms with Crippen molar-refractivity contribution >= 4 is 34.9 Å². The van der Waals surface area contributed by atoms with E-state index >= 15 is 0 Å². The zero-order chi connectivity index (χ0) is 26.4. The Bertz CT molecular complexity index is 1260. The molecule has 1 aliphatic rings. The van der Waals surface area contributed by atoms with Crippen molar-refractivity contribution in [3.8, 4) is 11.5 Å². The number of rotatable bonds is 9. The van der Waals surface area contributed by atoms with Gasteiger partial charge in [-0.2, -0.15) is 0 Å². The third kappa shape index (κ3) is 6.53. The van der Waals surface area contributed by atoms with E-state index in [1.165, 1.54) is 6.92 Å². The predicted octanol–water partition coefficient (Wildman–Crippen LogP) is 5.02. The third-order valence-corrected chi connectivity index (χ3v) is 6.38. The monoisotopic (exact) mass is 524 g/mol. The predicted molar refractivity (Wildman–Crippen MR) is 142 cm³/mol. The van der Waals surface area contributed by atoms with Crippen LogP contribution in [-0.4, -0.2) is 50.4 Å². The number of halogens is 1. The number of anilines is 2. The molecule has 37 heavy (non-hydrogen) atoms. The number of benzene rings is 3. The molecular formula is C28H29ClN2O6. The lowest BCUT2D eigenvalue weighted by atomic mass is 10.1. The van der Waals surface area contributed by atoms with Crippen molar-refractivity contribution in [2.24, 2.45) is 0 Å². The fourth-order valence-corrected chi connectivity index (χ4v) is 4.31. The molecule has 194 valence electrons. The van der Waals surface area contributed by atoms with Crippen LogP contribution in [-0.2, 0) is 22.7 Å². The molecule has 9 heteroatoms. The largest absolute Gasteiger partial charge is 0.493 e. The third-order valence-electron chi connectivity index (χ3n) is 6.13. The van der Waals surface area contributed by atoms with E-state index in [-0.39, 0.29) is 18.0 Å². The standard InChI is InChI=1S/C28H29ClN2O6/c1-19(32)31(23-8-9-25(24(16-23)28(33)34)30-11-13-36-14-12-30)17-21-5-10-26(27(15-21)35-2)37-18-20-3-6-22(29)7-4-20/h3-10,15-16H,11-14,17-18H2,1-2H3,(H,33,34). The Kier molecular flexibility index (Phi) is 8.53. The number of aromatic carboxylic acids is 1. The van der Waals surface area contributed by atoms with E-state index in [0.717, 1.165) is 11.1 Å². The lowest BCUT2D eigenvalue weighted by Gasteiger charge is -2.31. The van der Waals surface area contributed by atoms with Gasteiger partial charge in [-0.05, 0) is 53.6 Å². The highest BCUT2D eigenvalue weighted by molar-refractivity contribution is 6.30. The number of hydrogen-bond donors (Lipinski definition) is 1. The molecule has 0 aliphatic carbocycles. The lowest BCUT2D eigenvalue weighted by Crippen LogP contribution is -2.37. The number of carbonyl (C=O) groups excluding carboxylic acids is 1.